The van der Waals surface area contributed by atoms with Gasteiger partial charge in [-0.2, -0.15) is 0 Å². The molecule has 1 unspecified atom stereocenters. The fraction of sp³-hybridized carbons (Fsp3) is 0.0714. The average molecular weight is 595 g/mol. The zero-order valence-electron chi connectivity index (χ0n) is 19.9. The molecule has 6 rings (SSSR count). The maximum Gasteiger partial charge on any atom is 0.296 e. The van der Waals surface area contributed by atoms with Crippen molar-refractivity contribution in [1.82, 2.24) is 10.2 Å². The van der Waals surface area contributed by atoms with E-state index in [1.165, 1.54) is 28.0 Å². The number of aromatic nitrogens is 2. The van der Waals surface area contributed by atoms with E-state index in [1.54, 1.807) is 54.6 Å². The summed E-state index contributed by atoms with van der Waals surface area (Å²) in [6.45, 7) is 0. The second-order valence-electron chi connectivity index (χ2n) is 8.60. The molecule has 3 aromatic carbocycles. The highest BCUT2D eigenvalue weighted by atomic mass is 35.5. The van der Waals surface area contributed by atoms with Gasteiger partial charge in [-0.05, 0) is 35.4 Å². The lowest BCUT2D eigenvalue weighted by Gasteiger charge is -2.23. The molecule has 11 heteroatoms. The summed E-state index contributed by atoms with van der Waals surface area (Å²) in [4.78, 5) is 28.4. The van der Waals surface area contributed by atoms with E-state index in [0.29, 0.717) is 31.3 Å². The predicted molar refractivity (Wildman–Crippen MR) is 153 cm³/mol. The SMILES string of the molecule is O=C(C1=C(O)C(=O)N(c2nnc(SCc3ccc(Cl)cc3Cl)s2)C1c1ccccc1)c1cc2ccccc2o1. The summed E-state index contributed by atoms with van der Waals surface area (Å²) in [6, 6.07) is 22.2. The minimum atomic E-state index is -0.920. The highest BCUT2D eigenvalue weighted by Gasteiger charge is 2.46. The van der Waals surface area contributed by atoms with E-state index in [1.807, 2.05) is 24.3 Å². The van der Waals surface area contributed by atoms with Crippen molar-refractivity contribution in [3.05, 3.63) is 117 Å². The maximum atomic E-state index is 13.7. The van der Waals surface area contributed by atoms with Gasteiger partial charge in [-0.3, -0.25) is 14.5 Å². The number of carbonyl (C=O) groups is 2. The van der Waals surface area contributed by atoms with Gasteiger partial charge in [0.05, 0.1) is 11.6 Å². The average Bonchev–Trinajstić information content (AvgIpc) is 3.65. The van der Waals surface area contributed by atoms with E-state index in [9.17, 15) is 14.7 Å². The molecule has 7 nitrogen and oxygen atoms in total. The molecule has 1 N–H and O–H groups in total. The first-order valence-corrected chi connectivity index (χ1v) is 14.2. The molecule has 0 aliphatic carbocycles. The molecule has 0 saturated carbocycles. The normalized spacial score (nSPS) is 15.5. The third kappa shape index (κ3) is 4.83. The van der Waals surface area contributed by atoms with Crippen LogP contribution in [-0.2, 0) is 10.5 Å². The minimum Gasteiger partial charge on any atom is -0.503 e. The van der Waals surface area contributed by atoms with Gasteiger partial charge in [0.15, 0.2) is 15.9 Å². The van der Waals surface area contributed by atoms with Crippen LogP contribution >= 0.6 is 46.3 Å². The number of Topliss-reactive ketones (excluding diaryl/α,β-unsaturated/α-hetero) is 1. The number of furan rings is 1. The van der Waals surface area contributed by atoms with Crippen LogP contribution in [0.5, 0.6) is 0 Å². The van der Waals surface area contributed by atoms with E-state index in [0.717, 1.165) is 10.9 Å². The number of thioether (sulfide) groups is 1. The number of amides is 1. The van der Waals surface area contributed by atoms with Crippen LogP contribution in [0.2, 0.25) is 10.0 Å². The number of aliphatic hydroxyl groups excluding tert-OH is 1. The summed E-state index contributed by atoms with van der Waals surface area (Å²) < 4.78 is 6.36. The van der Waals surface area contributed by atoms with Crippen LogP contribution in [-0.4, -0.2) is 27.0 Å². The topological polar surface area (TPSA) is 96.5 Å². The molecule has 0 saturated heterocycles. The first kappa shape index (κ1) is 25.6. The van der Waals surface area contributed by atoms with Crippen LogP contribution in [0.3, 0.4) is 0 Å². The second kappa shape index (κ2) is 10.5. The minimum absolute atomic E-state index is 0.0293. The van der Waals surface area contributed by atoms with Crippen LogP contribution in [0.25, 0.3) is 11.0 Å². The van der Waals surface area contributed by atoms with Crippen LogP contribution in [0.4, 0.5) is 5.13 Å². The molecule has 5 aromatic rings. The van der Waals surface area contributed by atoms with Crippen molar-refractivity contribution in [2.75, 3.05) is 4.90 Å². The van der Waals surface area contributed by atoms with Crippen LogP contribution < -0.4 is 4.90 Å². The zero-order valence-corrected chi connectivity index (χ0v) is 23.0. The van der Waals surface area contributed by atoms with Crippen molar-refractivity contribution in [1.29, 1.82) is 0 Å². The Morgan fingerprint density at radius 2 is 1.79 bits per heavy atom. The van der Waals surface area contributed by atoms with Gasteiger partial charge in [-0.25, -0.2) is 0 Å². The Bertz CT molecular complexity index is 1730. The number of hydrogen-bond donors (Lipinski definition) is 1. The summed E-state index contributed by atoms with van der Waals surface area (Å²) in [5, 5.41) is 21.5. The van der Waals surface area contributed by atoms with Gasteiger partial charge >= 0.3 is 0 Å². The van der Waals surface area contributed by atoms with E-state index in [4.69, 9.17) is 27.6 Å². The fourth-order valence-electron chi connectivity index (χ4n) is 4.35. The molecule has 0 radical (unpaired) electrons. The number of fused-ring (bicyclic) bond motifs is 1. The fourth-order valence-corrected chi connectivity index (χ4v) is 6.77. The number of rotatable bonds is 7. The van der Waals surface area contributed by atoms with Gasteiger partial charge in [-0.1, -0.05) is 101 Å². The number of para-hydroxylation sites is 1. The summed E-state index contributed by atoms with van der Waals surface area (Å²) >= 11 is 14.9. The van der Waals surface area contributed by atoms with Crippen molar-refractivity contribution in [3.8, 4) is 0 Å². The molecular weight excluding hydrogens is 577 g/mol. The maximum absolute atomic E-state index is 13.7. The first-order valence-electron chi connectivity index (χ1n) is 11.7. The van der Waals surface area contributed by atoms with Crippen molar-refractivity contribution in [3.63, 3.8) is 0 Å². The zero-order chi connectivity index (χ0) is 27.1. The van der Waals surface area contributed by atoms with Gasteiger partial charge < -0.3 is 9.52 Å². The van der Waals surface area contributed by atoms with Gasteiger partial charge in [0.1, 0.15) is 5.58 Å². The molecule has 0 spiro atoms. The Morgan fingerprint density at radius 1 is 1.03 bits per heavy atom. The number of carbonyl (C=O) groups excluding carboxylic acids is 2. The predicted octanol–water partition coefficient (Wildman–Crippen LogP) is 7.67. The summed E-state index contributed by atoms with van der Waals surface area (Å²) in [6.07, 6.45) is 0. The number of benzene rings is 3. The molecule has 1 aliphatic heterocycles. The van der Waals surface area contributed by atoms with Gasteiger partial charge in [0, 0.05) is 21.2 Å². The Morgan fingerprint density at radius 3 is 2.56 bits per heavy atom. The lowest BCUT2D eigenvalue weighted by atomic mass is 9.95. The van der Waals surface area contributed by atoms with Crippen molar-refractivity contribution >= 4 is 74.1 Å². The molecule has 3 heterocycles. The number of nitrogens with zero attached hydrogens (tertiary/aromatic N) is 3. The standard InChI is InChI=1S/C28H17Cl2N3O4S2/c29-18-11-10-17(19(30)13-18)14-38-28-32-31-27(39-28)33-23(15-6-2-1-3-7-15)22(25(35)26(33)36)24(34)21-12-16-8-4-5-9-20(16)37-21/h1-13,23,35H,14H2. The second-order valence-corrected chi connectivity index (χ2v) is 11.6. The highest BCUT2D eigenvalue weighted by Crippen LogP contribution is 2.44. The molecule has 194 valence electrons. The smallest absolute Gasteiger partial charge is 0.296 e. The lowest BCUT2D eigenvalue weighted by Crippen LogP contribution is -2.31. The van der Waals surface area contributed by atoms with E-state index < -0.39 is 23.5 Å². The summed E-state index contributed by atoms with van der Waals surface area (Å²) in [5.41, 5.74) is 1.96. The van der Waals surface area contributed by atoms with E-state index >= 15 is 0 Å². The molecule has 0 fully saturated rings. The molecular formula is C28H17Cl2N3O4S2. The quantitative estimate of drug-likeness (QED) is 0.117. The van der Waals surface area contributed by atoms with Crippen molar-refractivity contribution < 1.29 is 19.1 Å². The van der Waals surface area contributed by atoms with E-state index in [-0.39, 0.29) is 16.5 Å². The number of aliphatic hydroxyl groups is 1. The molecule has 2 aromatic heterocycles. The third-order valence-electron chi connectivity index (χ3n) is 6.19. The van der Waals surface area contributed by atoms with E-state index in [2.05, 4.69) is 10.2 Å². The third-order valence-corrected chi connectivity index (χ3v) is 8.88. The lowest BCUT2D eigenvalue weighted by molar-refractivity contribution is -0.117. The molecule has 39 heavy (non-hydrogen) atoms. The Kier molecular flexibility index (Phi) is 6.90. The number of ketones is 1. The Balaban J connectivity index is 1.34. The van der Waals surface area contributed by atoms with Gasteiger partial charge in [-0.15, -0.1) is 10.2 Å². The largest absolute Gasteiger partial charge is 0.503 e. The molecule has 1 atom stereocenters. The van der Waals surface area contributed by atoms with Crippen LogP contribution in [0, 0.1) is 0 Å². The molecule has 0 bridgehead atoms. The van der Waals surface area contributed by atoms with Crippen LogP contribution in [0.15, 0.2) is 99.0 Å². The van der Waals surface area contributed by atoms with Gasteiger partial charge in [0.25, 0.3) is 5.91 Å². The monoisotopic (exact) mass is 593 g/mol. The molecule has 1 aliphatic rings. The van der Waals surface area contributed by atoms with Crippen LogP contribution in [0.1, 0.15) is 27.7 Å². The number of halogens is 2. The number of hydrogen-bond acceptors (Lipinski definition) is 8. The highest BCUT2D eigenvalue weighted by molar-refractivity contribution is 8.00. The van der Waals surface area contributed by atoms with Gasteiger partial charge in [0.2, 0.25) is 10.9 Å². The first-order chi connectivity index (χ1) is 18.9. The summed E-state index contributed by atoms with van der Waals surface area (Å²) in [7, 11) is 0. The number of anilines is 1. The van der Waals surface area contributed by atoms with Crippen molar-refractivity contribution in [2.24, 2.45) is 0 Å². The Hall–Kier alpha value is -3.63. The molecule has 1 amide bonds. The summed E-state index contributed by atoms with van der Waals surface area (Å²) in [5.74, 6) is -1.42. The van der Waals surface area contributed by atoms with Crippen molar-refractivity contribution in [2.45, 2.75) is 16.1 Å². The Labute approximate surface area is 240 Å².